The van der Waals surface area contributed by atoms with Crippen LogP contribution in [0.2, 0.25) is 12.1 Å². The molecule has 0 aliphatic rings. The normalized spacial score (nSPS) is 12.0. The second kappa shape index (κ2) is 37.6. The van der Waals surface area contributed by atoms with E-state index in [4.69, 9.17) is 8.85 Å². The van der Waals surface area contributed by atoms with Gasteiger partial charge in [0, 0.05) is 13.2 Å². The van der Waals surface area contributed by atoms with Crippen molar-refractivity contribution in [2.45, 2.75) is 252 Å². The third-order valence-electron chi connectivity index (χ3n) is 9.89. The Balaban J connectivity index is 3.70. The molecule has 0 radical (unpaired) electrons. The quantitative estimate of drug-likeness (QED) is 0.0492. The van der Waals surface area contributed by atoms with E-state index in [0.29, 0.717) is 0 Å². The lowest BCUT2D eigenvalue weighted by molar-refractivity contribution is 0.180. The zero-order chi connectivity index (χ0) is 32.1. The second-order valence-corrected chi connectivity index (χ2v) is 17.6. The largest absolute Gasteiger partial charge is 0.394 e. The van der Waals surface area contributed by atoms with E-state index in [2.05, 4.69) is 27.7 Å². The number of hydrogen-bond acceptors (Lipinski definition) is 2. The summed E-state index contributed by atoms with van der Waals surface area (Å²) in [5, 5.41) is 0. The summed E-state index contributed by atoms with van der Waals surface area (Å²) in [5.41, 5.74) is 0. The third kappa shape index (κ3) is 32.1. The fraction of sp³-hybridized carbons (Fsp3) is 1.00. The van der Waals surface area contributed by atoms with Gasteiger partial charge >= 0.3 is 8.56 Å². The van der Waals surface area contributed by atoms with E-state index in [1.807, 2.05) is 0 Å². The van der Waals surface area contributed by atoms with Crippen molar-refractivity contribution in [2.24, 2.45) is 0 Å². The molecule has 0 unspecified atom stereocenters. The highest BCUT2D eigenvalue weighted by molar-refractivity contribution is 6.67. The zero-order valence-corrected chi connectivity index (χ0v) is 32.5. The molecular formula is C41H86O2Si. The van der Waals surface area contributed by atoms with Gasteiger partial charge in [0.15, 0.2) is 0 Å². The van der Waals surface area contributed by atoms with Gasteiger partial charge in [-0.1, -0.05) is 226 Å². The van der Waals surface area contributed by atoms with Crippen molar-refractivity contribution in [3.63, 3.8) is 0 Å². The molecule has 44 heavy (non-hydrogen) atoms. The average molecular weight is 639 g/mol. The molecule has 0 aromatic carbocycles. The minimum atomic E-state index is -2.01. The van der Waals surface area contributed by atoms with Crippen molar-refractivity contribution in [3.8, 4) is 0 Å². The van der Waals surface area contributed by atoms with Gasteiger partial charge in [0.1, 0.15) is 0 Å². The van der Waals surface area contributed by atoms with Gasteiger partial charge in [-0.3, -0.25) is 0 Å². The van der Waals surface area contributed by atoms with Crippen LogP contribution >= 0.6 is 0 Å². The molecule has 0 spiro atoms. The molecule has 0 N–H and O–H groups in total. The van der Waals surface area contributed by atoms with E-state index in [1.54, 1.807) is 0 Å². The summed E-state index contributed by atoms with van der Waals surface area (Å²) in [6.45, 7) is 10.6. The molecule has 0 amide bonds. The maximum Gasteiger partial charge on any atom is 0.338 e. The maximum atomic E-state index is 6.44. The first kappa shape index (κ1) is 44.1. The number of hydrogen-bond donors (Lipinski definition) is 0. The highest BCUT2D eigenvalue weighted by Crippen LogP contribution is 2.27. The van der Waals surface area contributed by atoms with Gasteiger partial charge in [0.2, 0.25) is 0 Å². The number of unbranched alkanes of at least 4 members (excludes halogenated alkanes) is 31. The van der Waals surface area contributed by atoms with E-state index in [1.165, 1.54) is 224 Å². The summed E-state index contributed by atoms with van der Waals surface area (Å²) in [7, 11) is -2.01. The van der Waals surface area contributed by atoms with Gasteiger partial charge in [-0.25, -0.2) is 0 Å². The zero-order valence-electron chi connectivity index (χ0n) is 31.5. The molecule has 0 aliphatic carbocycles. The standard InChI is InChI=1S/C41H86O2Si/c1-5-9-11-13-15-17-19-21-23-24-25-27-29-31-33-35-37-39-41-44(42-7-3,43-8-4)40-38-36-34-32-30-28-26-22-20-18-16-14-12-10-6-2/h5-41H2,1-4H3. The van der Waals surface area contributed by atoms with Crippen LogP contribution in [-0.2, 0) is 8.85 Å². The molecule has 0 heterocycles. The molecule has 0 saturated heterocycles. The summed E-state index contributed by atoms with van der Waals surface area (Å²) < 4.78 is 12.9. The Morgan fingerprint density at radius 1 is 0.250 bits per heavy atom. The van der Waals surface area contributed by atoms with Gasteiger partial charge in [0.25, 0.3) is 0 Å². The molecule has 0 aromatic heterocycles. The van der Waals surface area contributed by atoms with Crippen LogP contribution in [0.3, 0.4) is 0 Å². The van der Waals surface area contributed by atoms with Crippen molar-refractivity contribution in [1.29, 1.82) is 0 Å². The molecule has 3 heteroatoms. The smallest absolute Gasteiger partial charge is 0.338 e. The minimum absolute atomic E-state index is 0.823. The van der Waals surface area contributed by atoms with Gasteiger partial charge in [-0.05, 0) is 25.9 Å². The van der Waals surface area contributed by atoms with Gasteiger partial charge in [0.05, 0.1) is 0 Å². The topological polar surface area (TPSA) is 18.5 Å². The van der Waals surface area contributed by atoms with Crippen LogP contribution < -0.4 is 0 Å². The Bertz CT molecular complexity index is 505. The van der Waals surface area contributed by atoms with Crippen molar-refractivity contribution in [1.82, 2.24) is 0 Å². The Labute approximate surface area is 281 Å². The van der Waals surface area contributed by atoms with Crippen LogP contribution in [0.15, 0.2) is 0 Å². The minimum Gasteiger partial charge on any atom is -0.394 e. The first-order chi connectivity index (χ1) is 21.7. The lowest BCUT2D eigenvalue weighted by Gasteiger charge is -2.30. The summed E-state index contributed by atoms with van der Waals surface area (Å²) in [5.74, 6) is 0. The van der Waals surface area contributed by atoms with E-state index in [0.717, 1.165) is 13.2 Å². The molecule has 0 saturated carbocycles. The molecule has 2 nitrogen and oxygen atoms in total. The summed E-state index contributed by atoms with van der Waals surface area (Å²) in [4.78, 5) is 0. The van der Waals surface area contributed by atoms with E-state index in [9.17, 15) is 0 Å². The SMILES string of the molecule is CCCCCCCCCCCCCCCCCCCC[Si](CCCCCCCCCCCCCCCCC)(OCC)OCC. The molecule has 0 atom stereocenters. The molecular weight excluding hydrogens is 553 g/mol. The molecule has 0 bridgehead atoms. The van der Waals surface area contributed by atoms with E-state index in [-0.39, 0.29) is 0 Å². The highest BCUT2D eigenvalue weighted by atomic mass is 28.4. The van der Waals surface area contributed by atoms with Crippen molar-refractivity contribution in [2.75, 3.05) is 13.2 Å². The van der Waals surface area contributed by atoms with Crippen LogP contribution in [0, 0.1) is 0 Å². The fourth-order valence-corrected chi connectivity index (χ4v) is 10.6. The van der Waals surface area contributed by atoms with Crippen molar-refractivity contribution < 1.29 is 8.85 Å². The van der Waals surface area contributed by atoms with Gasteiger partial charge in [-0.2, -0.15) is 0 Å². The van der Waals surface area contributed by atoms with E-state index >= 15 is 0 Å². The number of rotatable bonds is 39. The third-order valence-corrected chi connectivity index (χ3v) is 13.7. The summed E-state index contributed by atoms with van der Waals surface area (Å²) >= 11 is 0. The van der Waals surface area contributed by atoms with Crippen molar-refractivity contribution in [3.05, 3.63) is 0 Å². The summed E-state index contributed by atoms with van der Waals surface area (Å²) in [6.07, 6.45) is 47.3. The second-order valence-electron chi connectivity index (χ2n) is 14.2. The predicted octanol–water partition coefficient (Wildman–Crippen LogP) is 15.4. The summed E-state index contributed by atoms with van der Waals surface area (Å²) in [6, 6.07) is 2.43. The Morgan fingerprint density at radius 3 is 0.614 bits per heavy atom. The van der Waals surface area contributed by atoms with Crippen LogP contribution in [0.4, 0.5) is 0 Å². The lowest BCUT2D eigenvalue weighted by Crippen LogP contribution is -2.42. The van der Waals surface area contributed by atoms with Crippen LogP contribution in [-0.4, -0.2) is 21.8 Å². The predicted molar refractivity (Wildman–Crippen MR) is 202 cm³/mol. The molecule has 0 aromatic rings. The van der Waals surface area contributed by atoms with Crippen molar-refractivity contribution >= 4 is 8.56 Å². The van der Waals surface area contributed by atoms with Gasteiger partial charge in [-0.15, -0.1) is 0 Å². The van der Waals surface area contributed by atoms with Crippen LogP contribution in [0.5, 0.6) is 0 Å². The monoisotopic (exact) mass is 639 g/mol. The Kier molecular flexibility index (Phi) is 37.7. The van der Waals surface area contributed by atoms with Gasteiger partial charge < -0.3 is 8.85 Å². The van der Waals surface area contributed by atoms with Crippen LogP contribution in [0.25, 0.3) is 0 Å². The maximum absolute atomic E-state index is 6.44. The first-order valence-corrected chi connectivity index (χ1v) is 23.3. The lowest BCUT2D eigenvalue weighted by atomic mass is 10.0. The average Bonchev–Trinajstić information content (AvgIpc) is 3.02. The molecule has 0 aliphatic heterocycles. The molecule has 266 valence electrons. The Hall–Kier alpha value is 0.137. The fourth-order valence-electron chi connectivity index (χ4n) is 7.04. The molecule has 0 fully saturated rings. The Morgan fingerprint density at radius 2 is 0.432 bits per heavy atom. The van der Waals surface area contributed by atoms with Crippen LogP contribution in [0.1, 0.15) is 240 Å². The van der Waals surface area contributed by atoms with E-state index < -0.39 is 8.56 Å². The molecule has 0 rings (SSSR count). The first-order valence-electron chi connectivity index (χ1n) is 21.0. The highest BCUT2D eigenvalue weighted by Gasteiger charge is 2.35.